The zero-order chi connectivity index (χ0) is 17.5. The number of halogens is 1. The van der Waals surface area contributed by atoms with Crippen LogP contribution < -0.4 is 0 Å². The summed E-state index contributed by atoms with van der Waals surface area (Å²) in [6.45, 7) is 1.17. The lowest BCUT2D eigenvalue weighted by Gasteiger charge is -2.23. The second-order valence-corrected chi connectivity index (χ2v) is 6.93. The molecule has 0 aliphatic rings. The minimum atomic E-state index is 0.0478. The first-order valence-electron chi connectivity index (χ1n) is 8.21. The van der Waals surface area contributed by atoms with Gasteiger partial charge in [0.2, 0.25) is 0 Å². The predicted octanol–water partition coefficient (Wildman–Crippen LogP) is 4.57. The van der Waals surface area contributed by atoms with Crippen LogP contribution in [0.4, 0.5) is 0 Å². The van der Waals surface area contributed by atoms with Crippen molar-refractivity contribution >= 4 is 28.5 Å². The highest BCUT2D eigenvalue weighted by molar-refractivity contribution is 14.1. The van der Waals surface area contributed by atoms with Crippen LogP contribution in [0.25, 0.3) is 0 Å². The van der Waals surface area contributed by atoms with Gasteiger partial charge in [-0.25, -0.2) is 0 Å². The molecule has 3 aromatic rings. The van der Waals surface area contributed by atoms with E-state index in [0.717, 1.165) is 21.2 Å². The molecule has 1 aromatic heterocycles. The van der Waals surface area contributed by atoms with E-state index in [2.05, 4.69) is 39.7 Å². The molecule has 0 atom stereocenters. The highest BCUT2D eigenvalue weighted by atomic mass is 127. The average Bonchev–Trinajstić information content (AvgIpc) is 2.66. The quantitative estimate of drug-likeness (QED) is 0.524. The molecular weight excluding hydrogens is 423 g/mol. The van der Waals surface area contributed by atoms with Crippen molar-refractivity contribution in [3.8, 4) is 0 Å². The summed E-state index contributed by atoms with van der Waals surface area (Å²) in [5, 5.41) is 0. The van der Waals surface area contributed by atoms with Gasteiger partial charge in [0.05, 0.1) is 17.8 Å². The molecule has 126 valence electrons. The van der Waals surface area contributed by atoms with E-state index in [1.54, 1.807) is 6.20 Å². The second-order valence-electron chi connectivity index (χ2n) is 5.76. The molecule has 0 radical (unpaired) electrons. The lowest BCUT2D eigenvalue weighted by atomic mass is 10.1. The molecular formula is C21H19IN2O. The number of carbonyl (C=O) groups is 1. The summed E-state index contributed by atoms with van der Waals surface area (Å²) in [7, 11) is 0. The fourth-order valence-electron chi connectivity index (χ4n) is 2.65. The van der Waals surface area contributed by atoms with Crippen LogP contribution in [0.3, 0.4) is 0 Å². The van der Waals surface area contributed by atoms with Gasteiger partial charge < -0.3 is 4.90 Å². The van der Waals surface area contributed by atoms with Crippen LogP contribution in [0, 0.1) is 3.57 Å². The number of pyridine rings is 1. The standard InChI is InChI=1S/C21H19IN2O/c22-20-12-5-4-11-19(20)21(25)24(16-18-10-6-7-14-23-18)15-13-17-8-2-1-3-9-17/h1-12,14H,13,15-16H2. The van der Waals surface area contributed by atoms with Crippen molar-refractivity contribution in [1.82, 2.24) is 9.88 Å². The lowest BCUT2D eigenvalue weighted by Crippen LogP contribution is -2.33. The molecule has 1 heterocycles. The summed E-state index contributed by atoms with van der Waals surface area (Å²) < 4.78 is 0.968. The van der Waals surface area contributed by atoms with Gasteiger partial charge in [-0.05, 0) is 58.8 Å². The van der Waals surface area contributed by atoms with E-state index in [-0.39, 0.29) is 5.91 Å². The maximum Gasteiger partial charge on any atom is 0.255 e. The third-order valence-electron chi connectivity index (χ3n) is 3.98. The minimum absolute atomic E-state index is 0.0478. The minimum Gasteiger partial charge on any atom is -0.332 e. The maximum atomic E-state index is 13.1. The molecule has 1 amide bonds. The van der Waals surface area contributed by atoms with Crippen LogP contribution in [-0.4, -0.2) is 22.3 Å². The summed E-state index contributed by atoms with van der Waals surface area (Å²) in [5.74, 6) is 0.0478. The van der Waals surface area contributed by atoms with Gasteiger partial charge in [0, 0.05) is 16.3 Å². The van der Waals surface area contributed by atoms with E-state index in [0.29, 0.717) is 13.1 Å². The molecule has 0 spiro atoms. The van der Waals surface area contributed by atoms with Crippen molar-refractivity contribution in [3.63, 3.8) is 0 Å². The van der Waals surface area contributed by atoms with Crippen LogP contribution in [0.15, 0.2) is 79.0 Å². The van der Waals surface area contributed by atoms with Gasteiger partial charge in [0.25, 0.3) is 5.91 Å². The number of hydrogen-bond donors (Lipinski definition) is 0. The monoisotopic (exact) mass is 442 g/mol. The molecule has 25 heavy (non-hydrogen) atoms. The largest absolute Gasteiger partial charge is 0.332 e. The Morgan fingerprint density at radius 1 is 0.920 bits per heavy atom. The van der Waals surface area contributed by atoms with Gasteiger partial charge in [-0.15, -0.1) is 0 Å². The maximum absolute atomic E-state index is 13.1. The van der Waals surface area contributed by atoms with Gasteiger partial charge in [-0.2, -0.15) is 0 Å². The number of nitrogens with zero attached hydrogens (tertiary/aromatic N) is 2. The Morgan fingerprint density at radius 2 is 1.64 bits per heavy atom. The van der Waals surface area contributed by atoms with Gasteiger partial charge in [-0.3, -0.25) is 9.78 Å². The first kappa shape index (κ1) is 17.6. The van der Waals surface area contributed by atoms with Crippen LogP contribution in [-0.2, 0) is 13.0 Å². The highest BCUT2D eigenvalue weighted by Gasteiger charge is 2.18. The van der Waals surface area contributed by atoms with Crippen molar-refractivity contribution in [3.05, 3.63) is 99.4 Å². The zero-order valence-electron chi connectivity index (χ0n) is 13.8. The molecule has 0 unspecified atom stereocenters. The van der Waals surface area contributed by atoms with Crippen molar-refractivity contribution in [2.75, 3.05) is 6.54 Å². The van der Waals surface area contributed by atoms with E-state index in [1.165, 1.54) is 5.56 Å². The molecule has 4 heteroatoms. The van der Waals surface area contributed by atoms with Crippen LogP contribution in [0.5, 0.6) is 0 Å². The molecule has 2 aromatic carbocycles. The Morgan fingerprint density at radius 3 is 2.36 bits per heavy atom. The average molecular weight is 442 g/mol. The fraction of sp³-hybridized carbons (Fsp3) is 0.143. The number of rotatable bonds is 6. The molecule has 0 fully saturated rings. The number of amides is 1. The molecule has 0 bridgehead atoms. The number of aromatic nitrogens is 1. The SMILES string of the molecule is O=C(c1ccccc1I)N(CCc1ccccc1)Cc1ccccn1. The van der Waals surface area contributed by atoms with Crippen molar-refractivity contribution in [2.45, 2.75) is 13.0 Å². The van der Waals surface area contributed by atoms with Crippen molar-refractivity contribution in [2.24, 2.45) is 0 Å². The Hall–Kier alpha value is -2.21. The fourth-order valence-corrected chi connectivity index (χ4v) is 3.27. The van der Waals surface area contributed by atoms with Gasteiger partial charge >= 0.3 is 0 Å². The molecule has 0 aliphatic heterocycles. The van der Waals surface area contributed by atoms with Gasteiger partial charge in [-0.1, -0.05) is 48.5 Å². The zero-order valence-corrected chi connectivity index (χ0v) is 16.0. The second kappa shape index (κ2) is 8.76. The molecule has 0 N–H and O–H groups in total. The first-order chi connectivity index (χ1) is 12.2. The number of hydrogen-bond acceptors (Lipinski definition) is 2. The van der Waals surface area contributed by atoms with Crippen molar-refractivity contribution in [1.29, 1.82) is 0 Å². The third-order valence-corrected chi connectivity index (χ3v) is 4.92. The normalized spacial score (nSPS) is 10.4. The molecule has 0 saturated heterocycles. The molecule has 0 saturated carbocycles. The van der Waals surface area contributed by atoms with E-state index in [9.17, 15) is 4.79 Å². The predicted molar refractivity (Wildman–Crippen MR) is 108 cm³/mol. The molecule has 0 aliphatic carbocycles. The van der Waals surface area contributed by atoms with E-state index in [1.807, 2.05) is 65.6 Å². The van der Waals surface area contributed by atoms with Gasteiger partial charge in [0.1, 0.15) is 0 Å². The Balaban J connectivity index is 1.80. The van der Waals surface area contributed by atoms with Crippen LogP contribution in [0.1, 0.15) is 21.6 Å². The number of carbonyl (C=O) groups excluding carboxylic acids is 1. The summed E-state index contributed by atoms with van der Waals surface area (Å²) in [6, 6.07) is 23.8. The van der Waals surface area contributed by atoms with E-state index in [4.69, 9.17) is 0 Å². The van der Waals surface area contributed by atoms with Gasteiger partial charge in [0.15, 0.2) is 0 Å². The van der Waals surface area contributed by atoms with E-state index < -0.39 is 0 Å². The Kier molecular flexibility index (Phi) is 6.17. The molecule has 3 rings (SSSR count). The van der Waals surface area contributed by atoms with Crippen molar-refractivity contribution < 1.29 is 4.79 Å². The molecule has 3 nitrogen and oxygen atoms in total. The Bertz CT molecular complexity index is 822. The Labute approximate surface area is 161 Å². The summed E-state index contributed by atoms with van der Waals surface area (Å²) in [4.78, 5) is 19.3. The summed E-state index contributed by atoms with van der Waals surface area (Å²) >= 11 is 2.22. The summed E-state index contributed by atoms with van der Waals surface area (Å²) in [6.07, 6.45) is 2.59. The lowest BCUT2D eigenvalue weighted by molar-refractivity contribution is 0.0742. The third kappa shape index (κ3) is 4.89. The summed E-state index contributed by atoms with van der Waals surface area (Å²) in [5.41, 5.74) is 2.87. The topological polar surface area (TPSA) is 33.2 Å². The smallest absolute Gasteiger partial charge is 0.255 e. The van der Waals surface area contributed by atoms with Crippen LogP contribution >= 0.6 is 22.6 Å². The first-order valence-corrected chi connectivity index (χ1v) is 9.29. The highest BCUT2D eigenvalue weighted by Crippen LogP contribution is 2.16. The van der Waals surface area contributed by atoms with E-state index >= 15 is 0 Å². The number of benzene rings is 2. The van der Waals surface area contributed by atoms with Crippen LogP contribution in [0.2, 0.25) is 0 Å².